The normalized spacial score (nSPS) is 27.0. The largest absolute Gasteiger partial charge is 0.493 e. The van der Waals surface area contributed by atoms with E-state index < -0.39 is 0 Å². The zero-order valence-corrected chi connectivity index (χ0v) is 11.4. The number of rotatable bonds is 4. The molecule has 1 aromatic heterocycles. The minimum absolute atomic E-state index is 0.250. The molecule has 2 aromatic rings. The molecule has 106 valence electrons. The van der Waals surface area contributed by atoms with Gasteiger partial charge >= 0.3 is 0 Å². The van der Waals surface area contributed by atoms with Crippen molar-refractivity contribution in [1.82, 2.24) is 9.97 Å². The van der Waals surface area contributed by atoms with Crippen molar-refractivity contribution in [1.29, 1.82) is 10.8 Å². The number of aromatic amines is 1. The molecule has 0 amide bonds. The first-order valence-electron chi connectivity index (χ1n) is 7.09. The van der Waals surface area contributed by atoms with Crippen LogP contribution in [0.5, 0.6) is 5.75 Å². The number of nitrogens with zero attached hydrogens (tertiary/aromatic N) is 1. The number of benzene rings is 1. The Morgan fingerprint density at radius 1 is 1.29 bits per heavy atom. The van der Waals surface area contributed by atoms with Crippen LogP contribution in [0.2, 0.25) is 0 Å². The van der Waals surface area contributed by atoms with E-state index in [1.165, 1.54) is 23.7 Å². The van der Waals surface area contributed by atoms with Gasteiger partial charge in [-0.15, -0.1) is 0 Å². The summed E-state index contributed by atoms with van der Waals surface area (Å²) in [6, 6.07) is 6.03. The minimum Gasteiger partial charge on any atom is -0.493 e. The summed E-state index contributed by atoms with van der Waals surface area (Å²) in [5.41, 5.74) is 3.36. The van der Waals surface area contributed by atoms with Crippen molar-refractivity contribution >= 4 is 12.4 Å². The number of nitrogens with one attached hydrogen (secondary N) is 3. The van der Waals surface area contributed by atoms with Gasteiger partial charge in [0, 0.05) is 42.1 Å². The van der Waals surface area contributed by atoms with Gasteiger partial charge in [-0.25, -0.2) is 4.98 Å². The van der Waals surface area contributed by atoms with Crippen LogP contribution >= 0.6 is 0 Å². The number of aromatic nitrogens is 2. The number of ether oxygens (including phenoxy) is 1. The van der Waals surface area contributed by atoms with Gasteiger partial charge in [-0.2, -0.15) is 0 Å². The van der Waals surface area contributed by atoms with E-state index in [0.717, 1.165) is 17.9 Å². The summed E-state index contributed by atoms with van der Waals surface area (Å²) in [5, 5.41) is 14.9. The van der Waals surface area contributed by atoms with Gasteiger partial charge < -0.3 is 20.5 Å². The predicted molar refractivity (Wildman–Crippen MR) is 79.8 cm³/mol. The zero-order chi connectivity index (χ0) is 14.4. The maximum atomic E-state index is 7.43. The SMILES string of the molecule is N=CC(C=N)c1ccc2c(c1)C1C(CO2)C1c1cnc[nH]1. The molecule has 0 radical (unpaired) electrons. The van der Waals surface area contributed by atoms with E-state index in [2.05, 4.69) is 16.0 Å². The van der Waals surface area contributed by atoms with E-state index in [9.17, 15) is 0 Å². The molecule has 0 saturated heterocycles. The summed E-state index contributed by atoms with van der Waals surface area (Å²) in [7, 11) is 0. The number of hydrogen-bond acceptors (Lipinski definition) is 4. The Kier molecular flexibility index (Phi) is 2.67. The molecule has 1 aliphatic heterocycles. The third kappa shape index (κ3) is 1.81. The van der Waals surface area contributed by atoms with E-state index in [0.29, 0.717) is 17.8 Å². The third-order valence-corrected chi connectivity index (χ3v) is 4.62. The fourth-order valence-electron chi connectivity index (χ4n) is 3.47. The van der Waals surface area contributed by atoms with Crippen LogP contribution in [0, 0.1) is 16.7 Å². The van der Waals surface area contributed by atoms with Gasteiger partial charge in [0.2, 0.25) is 0 Å². The van der Waals surface area contributed by atoms with Gasteiger partial charge in [0.1, 0.15) is 5.75 Å². The average Bonchev–Trinajstić information content (AvgIpc) is 3.01. The second-order valence-electron chi connectivity index (χ2n) is 5.69. The van der Waals surface area contributed by atoms with Crippen molar-refractivity contribution in [3.63, 3.8) is 0 Å². The molecule has 3 atom stereocenters. The van der Waals surface area contributed by atoms with E-state index in [4.69, 9.17) is 15.6 Å². The van der Waals surface area contributed by atoms with Crippen molar-refractivity contribution in [2.24, 2.45) is 5.92 Å². The van der Waals surface area contributed by atoms with E-state index in [-0.39, 0.29) is 5.92 Å². The van der Waals surface area contributed by atoms with Gasteiger partial charge in [-0.3, -0.25) is 0 Å². The highest BCUT2D eigenvalue weighted by Gasteiger charge is 2.56. The lowest BCUT2D eigenvalue weighted by Crippen LogP contribution is -2.10. The monoisotopic (exact) mass is 280 g/mol. The van der Waals surface area contributed by atoms with Crippen molar-refractivity contribution < 1.29 is 4.74 Å². The topological polar surface area (TPSA) is 85.6 Å². The summed E-state index contributed by atoms with van der Waals surface area (Å²) in [6.07, 6.45) is 6.22. The second-order valence-corrected chi connectivity index (χ2v) is 5.69. The quantitative estimate of drug-likeness (QED) is 0.752. The first kappa shape index (κ1) is 12.3. The molecule has 0 bridgehead atoms. The van der Waals surface area contributed by atoms with E-state index in [1.54, 1.807) is 6.33 Å². The predicted octanol–water partition coefficient (Wildman–Crippen LogP) is 2.68. The maximum absolute atomic E-state index is 7.43. The van der Waals surface area contributed by atoms with Crippen molar-refractivity contribution in [3.8, 4) is 5.75 Å². The Bertz CT molecular complexity index is 686. The molecule has 2 aliphatic rings. The van der Waals surface area contributed by atoms with Gasteiger partial charge in [-0.05, 0) is 17.2 Å². The summed E-state index contributed by atoms with van der Waals surface area (Å²) in [6.45, 7) is 0.749. The van der Waals surface area contributed by atoms with E-state index >= 15 is 0 Å². The lowest BCUT2D eigenvalue weighted by atomic mass is 9.95. The highest BCUT2D eigenvalue weighted by molar-refractivity contribution is 5.87. The summed E-state index contributed by atoms with van der Waals surface area (Å²) >= 11 is 0. The van der Waals surface area contributed by atoms with Crippen molar-refractivity contribution in [3.05, 3.63) is 47.5 Å². The number of imidazole rings is 1. The molecule has 1 aliphatic carbocycles. The van der Waals surface area contributed by atoms with Crippen molar-refractivity contribution in [2.45, 2.75) is 17.8 Å². The molecule has 2 heterocycles. The average molecular weight is 280 g/mol. The summed E-state index contributed by atoms with van der Waals surface area (Å²) in [5.74, 6) is 2.11. The fraction of sp³-hybridized carbons (Fsp3) is 0.312. The third-order valence-electron chi connectivity index (χ3n) is 4.62. The fourth-order valence-corrected chi connectivity index (χ4v) is 3.47. The van der Waals surface area contributed by atoms with E-state index in [1.807, 2.05) is 18.3 Å². The molecule has 5 nitrogen and oxygen atoms in total. The van der Waals surface area contributed by atoms with Crippen LogP contribution in [-0.2, 0) is 0 Å². The minimum atomic E-state index is -0.250. The van der Waals surface area contributed by atoms with Crippen molar-refractivity contribution in [2.75, 3.05) is 6.61 Å². The Labute approximate surface area is 122 Å². The highest BCUT2D eigenvalue weighted by Crippen LogP contribution is 2.63. The van der Waals surface area contributed by atoms with Crippen LogP contribution in [0.3, 0.4) is 0 Å². The Morgan fingerprint density at radius 2 is 2.14 bits per heavy atom. The zero-order valence-electron chi connectivity index (χ0n) is 11.4. The van der Waals surface area contributed by atoms with Crippen LogP contribution in [-0.4, -0.2) is 29.0 Å². The van der Waals surface area contributed by atoms with Crippen LogP contribution in [0.15, 0.2) is 30.7 Å². The Morgan fingerprint density at radius 3 is 2.86 bits per heavy atom. The molecule has 1 fully saturated rings. The molecule has 0 spiro atoms. The molecule has 1 aromatic carbocycles. The second kappa shape index (κ2) is 4.55. The van der Waals surface area contributed by atoms with Crippen LogP contribution in [0.1, 0.15) is 34.6 Å². The number of hydrogen-bond donors (Lipinski definition) is 3. The lowest BCUT2D eigenvalue weighted by Gasteiger charge is -2.18. The molecule has 4 rings (SSSR count). The molecule has 21 heavy (non-hydrogen) atoms. The van der Waals surface area contributed by atoms with Crippen LogP contribution in [0.25, 0.3) is 0 Å². The van der Waals surface area contributed by atoms with Gasteiger partial charge in [-0.1, -0.05) is 12.1 Å². The van der Waals surface area contributed by atoms with Gasteiger partial charge in [0.25, 0.3) is 0 Å². The molecular weight excluding hydrogens is 264 g/mol. The number of H-pyrrole nitrogens is 1. The molecule has 5 heteroatoms. The standard InChI is InChI=1S/C16H16N4O/c17-4-10(5-18)9-1-2-14-11(3-9)15-12(7-21-14)16(15)13-6-19-8-20-13/h1-6,8,10,12,15-18H,7H2,(H,19,20). The highest BCUT2D eigenvalue weighted by atomic mass is 16.5. The first-order chi connectivity index (χ1) is 10.3. The Hall–Kier alpha value is -2.43. The van der Waals surface area contributed by atoms with Crippen LogP contribution < -0.4 is 4.74 Å². The smallest absolute Gasteiger partial charge is 0.122 e. The Balaban J connectivity index is 1.71. The van der Waals surface area contributed by atoms with Crippen LogP contribution in [0.4, 0.5) is 0 Å². The molecule has 3 unspecified atom stereocenters. The van der Waals surface area contributed by atoms with Gasteiger partial charge in [0.15, 0.2) is 0 Å². The first-order valence-corrected chi connectivity index (χ1v) is 7.09. The summed E-state index contributed by atoms with van der Waals surface area (Å²) in [4.78, 5) is 7.32. The van der Waals surface area contributed by atoms with Gasteiger partial charge in [0.05, 0.1) is 18.9 Å². The number of fused-ring (bicyclic) bond motifs is 3. The lowest BCUT2D eigenvalue weighted by molar-refractivity contribution is 0.277. The molecule has 3 N–H and O–H groups in total. The maximum Gasteiger partial charge on any atom is 0.122 e. The molecule has 1 saturated carbocycles. The molecular formula is C16H16N4O. The summed E-state index contributed by atoms with van der Waals surface area (Å²) < 4.78 is 5.86.